The van der Waals surface area contributed by atoms with Crippen LogP contribution in [-0.2, 0) is 0 Å². The van der Waals surface area contributed by atoms with Gasteiger partial charge in [-0.3, -0.25) is 0 Å². The van der Waals surface area contributed by atoms with Crippen molar-refractivity contribution in [2.75, 3.05) is 9.80 Å². The second-order valence-electron chi connectivity index (χ2n) is 17.3. The van der Waals surface area contributed by atoms with Crippen molar-refractivity contribution in [3.05, 3.63) is 231 Å². The van der Waals surface area contributed by atoms with Gasteiger partial charge in [0.15, 0.2) is 0 Å². The number of benzene rings is 11. The zero-order valence-electron chi connectivity index (χ0n) is 35.3. The van der Waals surface area contributed by atoms with Gasteiger partial charge in [-0.25, -0.2) is 0 Å². The molecule has 63 heavy (non-hydrogen) atoms. The van der Waals surface area contributed by atoms with E-state index in [1.54, 1.807) is 0 Å². The lowest BCUT2D eigenvalue weighted by Gasteiger charge is -2.35. The second-order valence-corrected chi connectivity index (χ2v) is 21.7. The number of hydrogen-bond donors (Lipinski definition) is 0. The molecule has 0 atom stereocenters. The molecule has 1 aliphatic rings. The van der Waals surface area contributed by atoms with E-state index in [1.807, 2.05) is 0 Å². The maximum absolute atomic E-state index is 2.54. The molecule has 0 unspecified atom stereocenters. The van der Waals surface area contributed by atoms with Crippen LogP contribution >= 0.6 is 0 Å². The predicted molar refractivity (Wildman–Crippen MR) is 273 cm³/mol. The third kappa shape index (κ3) is 6.07. The number of fused-ring (bicyclic) bond motifs is 7. The number of rotatable bonds is 7. The van der Waals surface area contributed by atoms with Crippen molar-refractivity contribution in [3.8, 4) is 22.3 Å². The van der Waals surface area contributed by atoms with Crippen LogP contribution in [0.1, 0.15) is 0 Å². The topological polar surface area (TPSA) is 6.48 Å². The molecule has 3 heteroatoms. The maximum Gasteiger partial charge on any atom is 0.113 e. The second kappa shape index (κ2) is 14.7. The minimum absolute atomic E-state index is 1.14. The summed E-state index contributed by atoms with van der Waals surface area (Å²) < 4.78 is 0. The first-order valence-corrected chi connectivity index (χ1v) is 24.9. The normalized spacial score (nSPS) is 12.7. The highest BCUT2D eigenvalue weighted by Crippen LogP contribution is 2.46. The summed E-state index contributed by atoms with van der Waals surface area (Å²) in [4.78, 5) is 4.75. The van der Waals surface area contributed by atoms with Gasteiger partial charge in [-0.2, -0.15) is 0 Å². The lowest BCUT2D eigenvalue weighted by atomic mass is 9.89. The van der Waals surface area contributed by atoms with Gasteiger partial charge in [0.2, 0.25) is 0 Å². The zero-order chi connectivity index (χ0) is 42.1. The third-order valence-corrected chi connectivity index (χ3v) is 16.9. The summed E-state index contributed by atoms with van der Waals surface area (Å²) in [5.74, 6) is 0. The van der Waals surface area contributed by atoms with E-state index in [0.717, 1.165) is 28.4 Å². The van der Waals surface area contributed by atoms with Crippen LogP contribution in [0.4, 0.5) is 34.1 Å². The Labute approximate surface area is 369 Å². The number of para-hydroxylation sites is 4. The van der Waals surface area contributed by atoms with Crippen LogP contribution in [0.15, 0.2) is 231 Å². The molecule has 0 aliphatic carbocycles. The predicted octanol–water partition coefficient (Wildman–Crippen LogP) is 15.7. The van der Waals surface area contributed by atoms with Crippen LogP contribution in [0.5, 0.6) is 0 Å². The molecule has 0 aromatic heterocycles. The molecule has 0 bridgehead atoms. The Hall–Kier alpha value is -7.72. The van der Waals surface area contributed by atoms with Gasteiger partial charge in [0.25, 0.3) is 0 Å². The molecule has 0 amide bonds. The average molecular weight is 821 g/mol. The lowest BCUT2D eigenvalue weighted by molar-refractivity contribution is 1.29. The molecular formula is C60H44N2Si. The van der Waals surface area contributed by atoms with Crippen LogP contribution in [-0.4, -0.2) is 8.07 Å². The molecule has 1 aliphatic heterocycles. The third-order valence-electron chi connectivity index (χ3n) is 13.3. The monoisotopic (exact) mass is 820 g/mol. The van der Waals surface area contributed by atoms with E-state index in [9.17, 15) is 0 Å². The summed E-state index contributed by atoms with van der Waals surface area (Å²) in [5, 5.41) is 13.3. The maximum atomic E-state index is 2.54. The lowest BCUT2D eigenvalue weighted by Crippen LogP contribution is -2.55. The Morgan fingerprint density at radius 2 is 0.810 bits per heavy atom. The van der Waals surface area contributed by atoms with Gasteiger partial charge < -0.3 is 9.80 Å². The molecule has 1 heterocycles. The Bertz CT molecular complexity index is 3450. The minimum Gasteiger partial charge on any atom is -0.310 e. The first-order valence-electron chi connectivity index (χ1n) is 21.9. The van der Waals surface area contributed by atoms with Crippen molar-refractivity contribution in [2.45, 2.75) is 13.1 Å². The summed E-state index contributed by atoms with van der Waals surface area (Å²) in [5.41, 5.74) is 12.1. The highest BCUT2D eigenvalue weighted by molar-refractivity contribution is 7.03. The quantitative estimate of drug-likeness (QED) is 0.117. The van der Waals surface area contributed by atoms with E-state index in [0.29, 0.717) is 0 Å². The van der Waals surface area contributed by atoms with Gasteiger partial charge in [-0.05, 0) is 149 Å². The fourth-order valence-electron chi connectivity index (χ4n) is 10.3. The molecule has 11 aromatic carbocycles. The molecule has 0 spiro atoms. The highest BCUT2D eigenvalue weighted by atomic mass is 28.3. The average Bonchev–Trinajstić information content (AvgIpc) is 3.34. The molecule has 11 aromatic rings. The summed E-state index contributed by atoms with van der Waals surface area (Å²) in [6, 6.07) is 85.0. The SMILES string of the molecule is C[Si]1(C)c2cc(-c3ccc4cc(N(c5ccccc5)c5ccccc5)ccc4c3)ccc2-c2cc3c4ccccc4c(N(c4ccccc4)c4ccccc4)cc3c3cccc1c23. The number of nitrogens with zero attached hydrogens (tertiary/aromatic N) is 2. The Morgan fingerprint density at radius 3 is 1.46 bits per heavy atom. The van der Waals surface area contributed by atoms with Crippen molar-refractivity contribution >= 4 is 95.7 Å². The van der Waals surface area contributed by atoms with Gasteiger partial charge in [-0.1, -0.05) is 165 Å². The number of hydrogen-bond acceptors (Lipinski definition) is 2. The molecule has 0 N–H and O–H groups in total. The van der Waals surface area contributed by atoms with Crippen molar-refractivity contribution in [1.29, 1.82) is 0 Å². The Kier molecular flexibility index (Phi) is 8.67. The molecule has 12 rings (SSSR count). The Balaban J connectivity index is 0.996. The van der Waals surface area contributed by atoms with Crippen molar-refractivity contribution in [3.63, 3.8) is 0 Å². The van der Waals surface area contributed by atoms with Crippen LogP contribution in [0.2, 0.25) is 13.1 Å². The van der Waals surface area contributed by atoms with Gasteiger partial charge >= 0.3 is 0 Å². The van der Waals surface area contributed by atoms with E-state index in [-0.39, 0.29) is 0 Å². The summed E-state index contributed by atoms with van der Waals surface area (Å²) in [7, 11) is -2.16. The van der Waals surface area contributed by atoms with E-state index in [1.165, 1.54) is 81.4 Å². The van der Waals surface area contributed by atoms with Crippen LogP contribution in [0.25, 0.3) is 65.3 Å². The van der Waals surface area contributed by atoms with Gasteiger partial charge in [0, 0.05) is 33.8 Å². The standard InChI is InChI=1S/C60H44N2Si/c1-63(2)58-29-17-28-53-55-40-57(62(47-22-11-5-12-23-47)48-24-13-6-14-25-48)51-27-16-15-26-50(51)54(55)39-56(60(53)58)52-35-33-44(38-59(52)63)41-30-31-43-37-49(34-32-42(43)36-41)61(45-18-7-3-8-19-45)46-20-9-4-10-21-46/h3-40H,1-2H3. The molecule has 0 saturated carbocycles. The first-order chi connectivity index (χ1) is 31.0. The first kappa shape index (κ1) is 37.1. The molecule has 0 saturated heterocycles. The number of anilines is 6. The molecule has 298 valence electrons. The van der Waals surface area contributed by atoms with E-state index in [4.69, 9.17) is 0 Å². The highest BCUT2D eigenvalue weighted by Gasteiger charge is 2.36. The fraction of sp³-hybridized carbons (Fsp3) is 0.0333. The van der Waals surface area contributed by atoms with E-state index < -0.39 is 8.07 Å². The largest absolute Gasteiger partial charge is 0.310 e. The van der Waals surface area contributed by atoms with Crippen LogP contribution in [0.3, 0.4) is 0 Å². The fourth-order valence-corrected chi connectivity index (χ4v) is 13.4. The van der Waals surface area contributed by atoms with Crippen LogP contribution < -0.4 is 20.2 Å². The van der Waals surface area contributed by atoms with Crippen molar-refractivity contribution < 1.29 is 0 Å². The smallest absolute Gasteiger partial charge is 0.113 e. The van der Waals surface area contributed by atoms with E-state index in [2.05, 4.69) is 253 Å². The van der Waals surface area contributed by atoms with Gasteiger partial charge in [0.1, 0.15) is 8.07 Å². The molecule has 0 fully saturated rings. The summed E-state index contributed by atoms with van der Waals surface area (Å²) >= 11 is 0. The van der Waals surface area contributed by atoms with E-state index >= 15 is 0 Å². The van der Waals surface area contributed by atoms with Crippen LogP contribution in [0, 0.1) is 0 Å². The molecule has 0 radical (unpaired) electrons. The van der Waals surface area contributed by atoms with Gasteiger partial charge in [0.05, 0.1) is 5.69 Å². The molecule has 2 nitrogen and oxygen atoms in total. The molecular weight excluding hydrogens is 777 g/mol. The zero-order valence-corrected chi connectivity index (χ0v) is 36.3. The van der Waals surface area contributed by atoms with Crippen molar-refractivity contribution in [2.24, 2.45) is 0 Å². The minimum atomic E-state index is -2.16. The Morgan fingerprint density at radius 1 is 0.302 bits per heavy atom. The van der Waals surface area contributed by atoms with Gasteiger partial charge in [-0.15, -0.1) is 0 Å². The van der Waals surface area contributed by atoms with Crippen molar-refractivity contribution in [1.82, 2.24) is 0 Å². The summed E-state index contributed by atoms with van der Waals surface area (Å²) in [6.07, 6.45) is 0. The summed E-state index contributed by atoms with van der Waals surface area (Å²) in [6.45, 7) is 5.09.